The molecular weight excluding hydrogens is 263 g/mol. The van der Waals surface area contributed by atoms with Crippen LogP contribution in [0.3, 0.4) is 0 Å². The number of rotatable bonds is 3. The van der Waals surface area contributed by atoms with Crippen LogP contribution in [-0.2, 0) is 9.59 Å². The molecule has 0 heterocycles. The van der Waals surface area contributed by atoms with Crippen LogP contribution >= 0.6 is 0 Å². The van der Waals surface area contributed by atoms with Gasteiger partial charge in [0.25, 0.3) is 0 Å². The van der Waals surface area contributed by atoms with E-state index in [1.54, 1.807) is 5.32 Å². The maximum Gasteiger partial charge on any atom is 0.471 e. The molecule has 0 aromatic rings. The van der Waals surface area contributed by atoms with Crippen molar-refractivity contribution in [2.45, 2.75) is 38.3 Å². The number of hydrogen-bond donors (Lipinski definition) is 2. The van der Waals surface area contributed by atoms with E-state index in [9.17, 15) is 27.9 Å². The minimum atomic E-state index is -4.96. The van der Waals surface area contributed by atoms with E-state index in [0.29, 0.717) is 6.42 Å². The Bertz CT molecular complexity index is 388. The van der Waals surface area contributed by atoms with E-state index < -0.39 is 30.0 Å². The van der Waals surface area contributed by atoms with Crippen molar-refractivity contribution in [3.8, 4) is 0 Å². The van der Waals surface area contributed by atoms with Gasteiger partial charge in [-0.3, -0.25) is 9.59 Å². The van der Waals surface area contributed by atoms with E-state index in [0.717, 1.165) is 25.7 Å². The molecule has 3 fully saturated rings. The molecule has 1 atom stereocenters. The Labute approximate surface area is 108 Å². The van der Waals surface area contributed by atoms with Crippen molar-refractivity contribution in [1.82, 2.24) is 5.32 Å². The van der Waals surface area contributed by atoms with Crippen molar-refractivity contribution in [3.05, 3.63) is 0 Å². The number of fused-ring (bicyclic) bond motifs is 3. The van der Waals surface area contributed by atoms with Gasteiger partial charge in [0.1, 0.15) is 0 Å². The van der Waals surface area contributed by atoms with Crippen molar-refractivity contribution in [2.24, 2.45) is 17.3 Å². The molecule has 1 amide bonds. The number of halogens is 3. The molecular formula is C12H16F3NO3. The minimum absolute atomic E-state index is 0.136. The van der Waals surface area contributed by atoms with Gasteiger partial charge < -0.3 is 10.4 Å². The maximum absolute atomic E-state index is 12.2. The van der Waals surface area contributed by atoms with Gasteiger partial charge in [-0.2, -0.15) is 13.2 Å². The van der Waals surface area contributed by atoms with Gasteiger partial charge in [-0.1, -0.05) is 12.8 Å². The lowest BCUT2D eigenvalue weighted by Gasteiger charge is -2.49. The molecule has 3 aliphatic rings. The molecule has 0 spiro atoms. The Balaban J connectivity index is 2.09. The molecule has 0 aromatic carbocycles. The lowest BCUT2D eigenvalue weighted by atomic mass is 9.56. The van der Waals surface area contributed by atoms with Gasteiger partial charge in [0.2, 0.25) is 0 Å². The Hall–Kier alpha value is -1.27. The fraction of sp³-hybridized carbons (Fsp3) is 0.833. The standard InChI is InChI=1S/C12H16F3NO3/c13-12(14,15)9(17)16-6-11(10(18)19)5-7-1-3-8(11)4-2-7/h7-8H,1-6H2,(H,16,17)(H,18,19). The molecule has 0 saturated heterocycles. The maximum atomic E-state index is 12.2. The fourth-order valence-corrected chi connectivity index (χ4v) is 3.49. The highest BCUT2D eigenvalue weighted by Crippen LogP contribution is 2.52. The van der Waals surface area contributed by atoms with Crippen molar-refractivity contribution in [2.75, 3.05) is 6.54 Å². The monoisotopic (exact) mass is 279 g/mol. The Kier molecular flexibility index (Phi) is 3.49. The van der Waals surface area contributed by atoms with Gasteiger partial charge in [0.05, 0.1) is 5.41 Å². The molecule has 7 heteroatoms. The highest BCUT2D eigenvalue weighted by molar-refractivity contribution is 5.83. The van der Waals surface area contributed by atoms with Crippen LogP contribution in [0.15, 0.2) is 0 Å². The van der Waals surface area contributed by atoms with E-state index in [-0.39, 0.29) is 11.8 Å². The molecule has 2 N–H and O–H groups in total. The van der Waals surface area contributed by atoms with Crippen LogP contribution in [0.1, 0.15) is 32.1 Å². The molecule has 108 valence electrons. The lowest BCUT2D eigenvalue weighted by Crippen LogP contribution is -2.54. The van der Waals surface area contributed by atoms with Crippen LogP contribution < -0.4 is 5.32 Å². The summed E-state index contributed by atoms with van der Waals surface area (Å²) in [5, 5.41) is 11.1. The largest absolute Gasteiger partial charge is 0.481 e. The zero-order valence-corrected chi connectivity index (χ0v) is 10.3. The average molecular weight is 279 g/mol. The lowest BCUT2D eigenvalue weighted by molar-refractivity contribution is -0.176. The van der Waals surface area contributed by atoms with Gasteiger partial charge in [0, 0.05) is 6.54 Å². The van der Waals surface area contributed by atoms with E-state index >= 15 is 0 Å². The van der Waals surface area contributed by atoms with Crippen molar-refractivity contribution >= 4 is 11.9 Å². The van der Waals surface area contributed by atoms with E-state index in [1.165, 1.54) is 0 Å². The summed E-state index contributed by atoms with van der Waals surface area (Å²) in [4.78, 5) is 22.3. The van der Waals surface area contributed by atoms with Gasteiger partial charge in [-0.15, -0.1) is 0 Å². The fourth-order valence-electron chi connectivity index (χ4n) is 3.49. The molecule has 3 saturated carbocycles. The number of nitrogens with one attached hydrogen (secondary N) is 1. The van der Waals surface area contributed by atoms with Gasteiger partial charge in [-0.05, 0) is 31.1 Å². The molecule has 19 heavy (non-hydrogen) atoms. The smallest absolute Gasteiger partial charge is 0.471 e. The van der Waals surface area contributed by atoms with E-state index in [4.69, 9.17) is 0 Å². The van der Waals surface area contributed by atoms with Crippen LogP contribution in [0, 0.1) is 17.3 Å². The third kappa shape index (κ3) is 2.55. The molecule has 3 rings (SSSR count). The second kappa shape index (κ2) is 4.68. The molecule has 0 aliphatic heterocycles. The SMILES string of the molecule is O=C(NCC1(C(=O)O)CC2CCC1CC2)C(F)(F)F. The normalized spacial score (nSPS) is 34.1. The first-order valence-corrected chi connectivity index (χ1v) is 6.34. The van der Waals surface area contributed by atoms with Gasteiger partial charge >= 0.3 is 18.1 Å². The van der Waals surface area contributed by atoms with Crippen LogP contribution in [0.25, 0.3) is 0 Å². The molecule has 4 nitrogen and oxygen atoms in total. The first kappa shape index (κ1) is 14.1. The summed E-state index contributed by atoms with van der Waals surface area (Å²) in [5.74, 6) is -3.04. The van der Waals surface area contributed by atoms with Crippen molar-refractivity contribution in [1.29, 1.82) is 0 Å². The number of amides is 1. The van der Waals surface area contributed by atoms with Crippen LogP contribution in [0.5, 0.6) is 0 Å². The number of carboxylic acid groups (broad SMARTS) is 1. The Morgan fingerprint density at radius 3 is 2.16 bits per heavy atom. The summed E-state index contributed by atoms with van der Waals surface area (Å²) in [5.41, 5.74) is -1.22. The third-order valence-corrected chi connectivity index (χ3v) is 4.53. The highest BCUT2D eigenvalue weighted by Gasteiger charge is 2.53. The van der Waals surface area contributed by atoms with Crippen LogP contribution in [-0.4, -0.2) is 29.7 Å². The summed E-state index contributed by atoms with van der Waals surface area (Å²) >= 11 is 0. The quantitative estimate of drug-likeness (QED) is 0.829. The average Bonchev–Trinajstić information content (AvgIpc) is 2.35. The molecule has 0 radical (unpaired) electrons. The predicted octanol–water partition coefficient (Wildman–Crippen LogP) is 1.95. The summed E-state index contributed by atoms with van der Waals surface area (Å²) in [6.07, 6.45) is -1.28. The number of alkyl halides is 3. The Morgan fingerprint density at radius 2 is 1.79 bits per heavy atom. The zero-order valence-electron chi connectivity index (χ0n) is 10.3. The summed E-state index contributed by atoms with van der Waals surface area (Å²) in [7, 11) is 0. The van der Waals surface area contributed by atoms with E-state index in [2.05, 4.69) is 0 Å². The minimum Gasteiger partial charge on any atom is -0.481 e. The number of carboxylic acids is 1. The molecule has 1 unspecified atom stereocenters. The number of carbonyl (C=O) groups is 2. The van der Waals surface area contributed by atoms with Crippen LogP contribution in [0.2, 0.25) is 0 Å². The topological polar surface area (TPSA) is 66.4 Å². The predicted molar refractivity (Wildman–Crippen MR) is 59.2 cm³/mol. The highest BCUT2D eigenvalue weighted by atomic mass is 19.4. The first-order valence-electron chi connectivity index (χ1n) is 6.34. The van der Waals surface area contributed by atoms with Gasteiger partial charge in [-0.25, -0.2) is 0 Å². The third-order valence-electron chi connectivity index (χ3n) is 4.53. The summed E-state index contributed by atoms with van der Waals surface area (Å²) < 4.78 is 36.5. The first-order chi connectivity index (χ1) is 8.75. The molecule has 3 aliphatic carbocycles. The second-order valence-corrected chi connectivity index (χ2v) is 5.56. The van der Waals surface area contributed by atoms with Crippen LogP contribution in [0.4, 0.5) is 13.2 Å². The van der Waals surface area contributed by atoms with Gasteiger partial charge in [0.15, 0.2) is 0 Å². The number of carbonyl (C=O) groups excluding carboxylic acids is 1. The molecule has 2 bridgehead atoms. The summed E-state index contributed by atoms with van der Waals surface area (Å²) in [6, 6.07) is 0. The zero-order chi connectivity index (χ0) is 14.3. The van der Waals surface area contributed by atoms with Crippen molar-refractivity contribution in [3.63, 3.8) is 0 Å². The Morgan fingerprint density at radius 1 is 1.21 bits per heavy atom. The number of hydrogen-bond acceptors (Lipinski definition) is 2. The second-order valence-electron chi connectivity index (χ2n) is 5.56. The summed E-state index contributed by atoms with van der Waals surface area (Å²) in [6.45, 7) is -0.429. The van der Waals surface area contributed by atoms with E-state index in [1.807, 2.05) is 0 Å². The van der Waals surface area contributed by atoms with Crippen molar-refractivity contribution < 1.29 is 27.9 Å². The number of aliphatic carboxylic acids is 1. The molecule has 0 aromatic heterocycles.